The van der Waals surface area contributed by atoms with Gasteiger partial charge in [0.1, 0.15) is 0 Å². The molecule has 1 saturated carbocycles. The molecule has 1 aliphatic rings. The molecule has 0 aliphatic heterocycles. The lowest BCUT2D eigenvalue weighted by Crippen LogP contribution is -2.43. The highest BCUT2D eigenvalue weighted by molar-refractivity contribution is 5.79. The molecule has 2 nitrogen and oxygen atoms in total. The van der Waals surface area contributed by atoms with Gasteiger partial charge >= 0.3 is 6.43 Å². The van der Waals surface area contributed by atoms with Crippen molar-refractivity contribution in [2.24, 2.45) is 5.41 Å². The highest BCUT2D eigenvalue weighted by Gasteiger charge is 2.30. The molecular formula is C10H17F2NO. The molecule has 0 aromatic carbocycles. The van der Waals surface area contributed by atoms with Crippen molar-refractivity contribution >= 4 is 5.91 Å². The summed E-state index contributed by atoms with van der Waals surface area (Å²) in [6, 6.07) is -0.0692. The summed E-state index contributed by atoms with van der Waals surface area (Å²) >= 11 is 0. The number of hydrogen-bond donors (Lipinski definition) is 1. The number of nitrogens with one attached hydrogen (secondary N) is 1. The molecule has 82 valence electrons. The van der Waals surface area contributed by atoms with Crippen molar-refractivity contribution in [3.05, 3.63) is 0 Å². The van der Waals surface area contributed by atoms with Gasteiger partial charge in [-0.3, -0.25) is 4.79 Å². The van der Waals surface area contributed by atoms with Gasteiger partial charge in [-0.05, 0) is 24.7 Å². The molecule has 1 amide bonds. The summed E-state index contributed by atoms with van der Waals surface area (Å²) in [7, 11) is 0. The second-order valence-corrected chi connectivity index (χ2v) is 4.77. The Hall–Kier alpha value is -0.670. The fourth-order valence-corrected chi connectivity index (χ4v) is 2.09. The molecule has 1 aliphatic carbocycles. The summed E-state index contributed by atoms with van der Waals surface area (Å²) in [6.07, 6.45) is 0.836. The lowest BCUT2D eigenvalue weighted by Gasteiger charge is -2.35. The van der Waals surface area contributed by atoms with Crippen LogP contribution in [0.3, 0.4) is 0 Å². The van der Waals surface area contributed by atoms with Crippen molar-refractivity contribution in [1.82, 2.24) is 5.32 Å². The summed E-state index contributed by atoms with van der Waals surface area (Å²) < 4.78 is 23.9. The summed E-state index contributed by atoms with van der Waals surface area (Å²) in [4.78, 5) is 10.8. The van der Waals surface area contributed by atoms with E-state index in [1.54, 1.807) is 0 Å². The zero-order chi connectivity index (χ0) is 10.8. The Labute approximate surface area is 83.1 Å². The third kappa shape index (κ3) is 3.24. The summed E-state index contributed by atoms with van der Waals surface area (Å²) in [6.45, 7) is 4.21. The topological polar surface area (TPSA) is 29.1 Å². The van der Waals surface area contributed by atoms with Gasteiger partial charge in [-0.15, -0.1) is 0 Å². The highest BCUT2D eigenvalue weighted by atomic mass is 19.3. The van der Waals surface area contributed by atoms with Crippen LogP contribution >= 0.6 is 0 Å². The van der Waals surface area contributed by atoms with Gasteiger partial charge in [0.05, 0.1) is 0 Å². The van der Waals surface area contributed by atoms with E-state index < -0.39 is 12.3 Å². The lowest BCUT2D eigenvalue weighted by atomic mass is 9.75. The average molecular weight is 205 g/mol. The Morgan fingerprint density at radius 2 is 2.14 bits per heavy atom. The van der Waals surface area contributed by atoms with Crippen molar-refractivity contribution < 1.29 is 13.6 Å². The predicted octanol–water partition coefficient (Wildman–Crippen LogP) is 2.34. The van der Waals surface area contributed by atoms with Gasteiger partial charge in [-0.2, -0.15) is 8.78 Å². The van der Waals surface area contributed by atoms with Crippen molar-refractivity contribution in [2.75, 3.05) is 0 Å². The third-order valence-corrected chi connectivity index (χ3v) is 2.75. The van der Waals surface area contributed by atoms with E-state index in [1.807, 2.05) is 0 Å². The van der Waals surface area contributed by atoms with Crippen LogP contribution in [0.5, 0.6) is 0 Å². The summed E-state index contributed by atoms with van der Waals surface area (Å²) in [5.41, 5.74) is 0.165. The van der Waals surface area contributed by atoms with Gasteiger partial charge in [0.2, 0.25) is 0 Å². The van der Waals surface area contributed by atoms with Crippen LogP contribution in [0.15, 0.2) is 0 Å². The first kappa shape index (κ1) is 11.4. The smallest absolute Gasteiger partial charge is 0.315 e. The van der Waals surface area contributed by atoms with Crippen LogP contribution in [0.2, 0.25) is 0 Å². The fraction of sp³-hybridized carbons (Fsp3) is 0.900. The predicted molar refractivity (Wildman–Crippen MR) is 50.2 cm³/mol. The summed E-state index contributed by atoms with van der Waals surface area (Å²) in [5, 5.41) is 2.38. The molecule has 14 heavy (non-hydrogen) atoms. The minimum atomic E-state index is -2.89. The van der Waals surface area contributed by atoms with Crippen LogP contribution in [0.4, 0.5) is 8.78 Å². The normalized spacial score (nSPS) is 26.2. The monoisotopic (exact) mass is 205 g/mol. The van der Waals surface area contributed by atoms with E-state index in [1.165, 1.54) is 0 Å². The number of hydrogen-bond acceptors (Lipinski definition) is 1. The molecule has 0 radical (unpaired) electrons. The van der Waals surface area contributed by atoms with Crippen molar-refractivity contribution in [1.29, 1.82) is 0 Å². The number of halogens is 2. The number of alkyl halides is 2. The number of carbonyl (C=O) groups excluding carboxylic acids is 1. The van der Waals surface area contributed by atoms with E-state index in [2.05, 4.69) is 19.2 Å². The molecule has 1 fully saturated rings. The molecule has 0 bridgehead atoms. The zero-order valence-corrected chi connectivity index (χ0v) is 8.65. The van der Waals surface area contributed by atoms with Gasteiger partial charge in [-0.25, -0.2) is 0 Å². The van der Waals surface area contributed by atoms with Crippen molar-refractivity contribution in [3.63, 3.8) is 0 Å². The molecule has 4 heteroatoms. The molecule has 1 atom stereocenters. The molecule has 0 aromatic rings. The van der Waals surface area contributed by atoms with Crippen LogP contribution in [0.25, 0.3) is 0 Å². The largest absolute Gasteiger partial charge is 0.348 e. The van der Waals surface area contributed by atoms with Crippen LogP contribution in [-0.4, -0.2) is 18.4 Å². The molecular weight excluding hydrogens is 188 g/mol. The van der Waals surface area contributed by atoms with E-state index in [4.69, 9.17) is 0 Å². The molecule has 1 N–H and O–H groups in total. The van der Waals surface area contributed by atoms with Gasteiger partial charge in [0.15, 0.2) is 0 Å². The fourth-order valence-electron chi connectivity index (χ4n) is 2.09. The number of amides is 1. The average Bonchev–Trinajstić information content (AvgIpc) is 2.01. The maximum atomic E-state index is 12.0. The standard InChI is InChI=1S/C10H17F2NO/c1-10(2)5-3-4-7(6-10)13-9(14)8(11)12/h7-8H,3-6H2,1-2H3,(H,13,14). The van der Waals surface area contributed by atoms with Crippen molar-refractivity contribution in [2.45, 2.75) is 52.0 Å². The molecule has 0 spiro atoms. The quantitative estimate of drug-likeness (QED) is 0.736. The molecule has 1 unspecified atom stereocenters. The second kappa shape index (κ2) is 4.24. The maximum absolute atomic E-state index is 12.0. The van der Waals surface area contributed by atoms with Crippen LogP contribution in [-0.2, 0) is 4.79 Å². The van der Waals surface area contributed by atoms with Gasteiger partial charge in [0, 0.05) is 6.04 Å². The van der Waals surface area contributed by atoms with E-state index in [0.717, 1.165) is 25.7 Å². The Morgan fingerprint density at radius 1 is 1.50 bits per heavy atom. The Balaban J connectivity index is 2.42. The second-order valence-electron chi connectivity index (χ2n) is 4.77. The minimum Gasteiger partial charge on any atom is -0.348 e. The number of carbonyl (C=O) groups is 1. The van der Waals surface area contributed by atoms with Gasteiger partial charge < -0.3 is 5.32 Å². The Kier molecular flexibility index (Phi) is 3.45. The maximum Gasteiger partial charge on any atom is 0.315 e. The minimum absolute atomic E-state index is 0.0692. The highest BCUT2D eigenvalue weighted by Crippen LogP contribution is 2.35. The van der Waals surface area contributed by atoms with Crippen LogP contribution < -0.4 is 5.32 Å². The summed E-state index contributed by atoms with van der Waals surface area (Å²) in [5.74, 6) is -1.13. The van der Waals surface area contributed by atoms with Crippen LogP contribution in [0, 0.1) is 5.41 Å². The van der Waals surface area contributed by atoms with E-state index in [0.29, 0.717) is 0 Å². The lowest BCUT2D eigenvalue weighted by molar-refractivity contribution is -0.132. The zero-order valence-electron chi connectivity index (χ0n) is 8.65. The third-order valence-electron chi connectivity index (χ3n) is 2.75. The molecule has 0 aromatic heterocycles. The van der Waals surface area contributed by atoms with Crippen LogP contribution in [0.1, 0.15) is 39.5 Å². The van der Waals surface area contributed by atoms with Gasteiger partial charge in [0.25, 0.3) is 5.91 Å². The molecule has 0 saturated heterocycles. The molecule has 1 rings (SSSR count). The molecule has 0 heterocycles. The Morgan fingerprint density at radius 3 is 2.64 bits per heavy atom. The van der Waals surface area contributed by atoms with Gasteiger partial charge in [-0.1, -0.05) is 20.3 Å². The first-order valence-corrected chi connectivity index (χ1v) is 4.99. The number of rotatable bonds is 2. The van der Waals surface area contributed by atoms with Crippen molar-refractivity contribution in [3.8, 4) is 0 Å². The van der Waals surface area contributed by atoms with E-state index in [-0.39, 0.29) is 11.5 Å². The Bertz CT molecular complexity index is 216. The first-order valence-electron chi connectivity index (χ1n) is 4.99. The SMILES string of the molecule is CC1(C)CCCC(NC(=O)C(F)F)C1. The van der Waals surface area contributed by atoms with E-state index >= 15 is 0 Å². The van der Waals surface area contributed by atoms with E-state index in [9.17, 15) is 13.6 Å². The first-order chi connectivity index (χ1) is 6.41.